The summed E-state index contributed by atoms with van der Waals surface area (Å²) in [7, 11) is 0. The molecule has 0 saturated carbocycles. The molecular weight excluding hydrogens is 1000 g/mol. The van der Waals surface area contributed by atoms with Gasteiger partial charge >= 0.3 is 0 Å². The molecule has 0 spiro atoms. The number of hydrogen-bond acceptors (Lipinski definition) is 15. The van der Waals surface area contributed by atoms with Crippen LogP contribution >= 0.6 is 23.1 Å². The summed E-state index contributed by atoms with van der Waals surface area (Å²) in [5.41, 5.74) is 7.01. The number of amides is 5. The summed E-state index contributed by atoms with van der Waals surface area (Å²) in [6, 6.07) is 16.8. The maximum atomic E-state index is 13.9. The highest BCUT2D eigenvalue weighted by Crippen LogP contribution is 2.35. The van der Waals surface area contributed by atoms with Crippen molar-refractivity contribution in [1.82, 2.24) is 25.4 Å². The number of nitrogens with zero attached hydrogens (tertiary/aromatic N) is 4. The van der Waals surface area contributed by atoms with E-state index in [9.17, 15) is 29.1 Å². The third-order valence-corrected chi connectivity index (χ3v) is 14.1. The summed E-state index contributed by atoms with van der Waals surface area (Å²) in [5, 5.41) is 15.9. The predicted molar refractivity (Wildman–Crippen MR) is 286 cm³/mol. The zero-order valence-electron chi connectivity index (χ0n) is 43.5. The van der Waals surface area contributed by atoms with Crippen molar-refractivity contribution in [3.8, 4) is 21.9 Å². The zero-order valence-corrected chi connectivity index (χ0v) is 45.2. The Morgan fingerprint density at radius 2 is 1.48 bits per heavy atom. The Morgan fingerprint density at radius 1 is 0.853 bits per heavy atom. The zero-order chi connectivity index (χ0) is 53.9. The molecule has 402 valence electrons. The van der Waals surface area contributed by atoms with E-state index in [1.165, 1.54) is 9.80 Å². The van der Waals surface area contributed by atoms with Crippen molar-refractivity contribution in [1.29, 1.82) is 0 Å². The van der Waals surface area contributed by atoms with E-state index in [2.05, 4.69) is 20.5 Å². The fourth-order valence-corrected chi connectivity index (χ4v) is 9.81. The number of benzene rings is 3. The molecular formula is C55H68N6O12S2. The molecule has 5 amide bonds. The average molecular weight is 1070 g/mol. The minimum atomic E-state index is -0.972. The van der Waals surface area contributed by atoms with Gasteiger partial charge in [-0.05, 0) is 109 Å². The van der Waals surface area contributed by atoms with Crippen LogP contribution in [0.5, 0.6) is 11.5 Å². The first-order valence-corrected chi connectivity index (χ1v) is 26.7. The van der Waals surface area contributed by atoms with Crippen LogP contribution in [0.1, 0.15) is 68.0 Å². The van der Waals surface area contributed by atoms with Crippen molar-refractivity contribution in [2.45, 2.75) is 85.5 Å². The van der Waals surface area contributed by atoms with Crippen molar-refractivity contribution in [3.63, 3.8) is 0 Å². The van der Waals surface area contributed by atoms with Crippen LogP contribution < -0.4 is 15.4 Å². The van der Waals surface area contributed by atoms with Gasteiger partial charge < -0.3 is 49.1 Å². The molecule has 0 bridgehead atoms. The Bertz CT molecular complexity index is 2660. The van der Waals surface area contributed by atoms with E-state index in [1.54, 1.807) is 41.1 Å². The molecule has 3 atom stereocenters. The number of unbranched alkanes of at least 4 members (excludes halogenated alkanes) is 1. The largest absolute Gasteiger partial charge is 0.457 e. The molecule has 2 fully saturated rings. The number of thioether (sulfide) groups is 1. The molecule has 75 heavy (non-hydrogen) atoms. The number of aryl methyl sites for hydroxylation is 3. The van der Waals surface area contributed by atoms with Crippen LogP contribution in [0.4, 0.5) is 10.5 Å². The summed E-state index contributed by atoms with van der Waals surface area (Å²) < 4.78 is 34.1. The molecule has 18 nitrogen and oxygen atoms in total. The van der Waals surface area contributed by atoms with Crippen molar-refractivity contribution in [2.75, 3.05) is 79.2 Å². The Kier molecular flexibility index (Phi) is 22.3. The van der Waals surface area contributed by atoms with E-state index in [4.69, 9.17) is 35.0 Å². The number of β-amino-alcohol motifs (C(OH)–C–C–N with tert-alkyl or cyclic N) is 1. The monoisotopic (exact) mass is 1070 g/mol. The third-order valence-electron chi connectivity index (χ3n) is 12.2. The Labute approximate surface area is 447 Å². The highest BCUT2D eigenvalue weighted by molar-refractivity contribution is 8.18. The quantitative estimate of drug-likeness (QED) is 0.0282. The number of rotatable bonds is 28. The molecule has 1 aromatic heterocycles. The third kappa shape index (κ3) is 17.5. The van der Waals surface area contributed by atoms with Crippen molar-refractivity contribution in [3.05, 3.63) is 110 Å². The van der Waals surface area contributed by atoms with E-state index < -0.39 is 35.4 Å². The predicted octanol–water partition coefficient (Wildman–Crippen LogP) is 7.79. The molecule has 4 aromatic rings. The normalized spacial score (nSPS) is 16.6. The van der Waals surface area contributed by atoms with Gasteiger partial charge in [0, 0.05) is 32.7 Å². The fourth-order valence-electron chi connectivity index (χ4n) is 8.13. The van der Waals surface area contributed by atoms with Crippen LogP contribution in [0.25, 0.3) is 21.4 Å². The molecule has 0 unspecified atom stereocenters. The topological polar surface area (TPSA) is 209 Å². The molecule has 2 aliphatic heterocycles. The van der Waals surface area contributed by atoms with Gasteiger partial charge in [0.25, 0.3) is 11.1 Å². The maximum absolute atomic E-state index is 13.9. The van der Waals surface area contributed by atoms with Crippen LogP contribution in [0, 0.1) is 32.8 Å². The van der Waals surface area contributed by atoms with E-state index >= 15 is 0 Å². The van der Waals surface area contributed by atoms with Gasteiger partial charge in [0.2, 0.25) is 17.7 Å². The number of ether oxygens (including phenoxy) is 6. The van der Waals surface area contributed by atoms with Crippen molar-refractivity contribution >= 4 is 63.7 Å². The molecule has 2 saturated heterocycles. The minimum Gasteiger partial charge on any atom is -0.457 e. The minimum absolute atomic E-state index is 0.0235. The lowest BCUT2D eigenvalue weighted by atomic mass is 9.85. The van der Waals surface area contributed by atoms with Gasteiger partial charge in [-0.3, -0.25) is 28.9 Å². The van der Waals surface area contributed by atoms with E-state index in [0.29, 0.717) is 61.7 Å². The molecule has 0 radical (unpaired) electrons. The molecule has 0 aliphatic carbocycles. The lowest BCUT2D eigenvalue weighted by Crippen LogP contribution is -2.58. The number of likely N-dealkylation sites (tertiary alicyclic amines) is 1. The van der Waals surface area contributed by atoms with E-state index in [0.717, 1.165) is 63.0 Å². The molecule has 3 N–H and O–H groups in total. The summed E-state index contributed by atoms with van der Waals surface area (Å²) in [6.45, 7) is 21.5. The summed E-state index contributed by atoms with van der Waals surface area (Å²) >= 11 is 2.46. The lowest BCUT2D eigenvalue weighted by molar-refractivity contribution is -0.144. The number of carbonyl (C=O) groups excluding carboxylic acids is 5. The number of thiazole rings is 1. The molecule has 2 aliphatic rings. The second-order valence-electron chi connectivity index (χ2n) is 19.2. The highest BCUT2D eigenvalue weighted by atomic mass is 32.2. The number of nitrogens with one attached hydrogen (secondary N) is 2. The van der Waals surface area contributed by atoms with Gasteiger partial charge in [0.15, 0.2) is 5.69 Å². The average Bonchev–Trinajstić information content (AvgIpc) is 4.07. The fraction of sp³-hybridized carbons (Fsp3) is 0.473. The molecule has 3 aromatic carbocycles. The second kappa shape index (κ2) is 28.8. The van der Waals surface area contributed by atoms with Crippen LogP contribution in [0.2, 0.25) is 0 Å². The summed E-state index contributed by atoms with van der Waals surface area (Å²) in [6.07, 6.45) is 2.49. The summed E-state index contributed by atoms with van der Waals surface area (Å²) in [4.78, 5) is 77.7. The summed E-state index contributed by atoms with van der Waals surface area (Å²) in [5.74, 6) is -0.375. The molecule has 20 heteroatoms. The van der Waals surface area contributed by atoms with Gasteiger partial charge in [-0.1, -0.05) is 57.2 Å². The van der Waals surface area contributed by atoms with Crippen LogP contribution in [-0.2, 0) is 49.4 Å². The highest BCUT2D eigenvalue weighted by Gasteiger charge is 2.44. The maximum Gasteiger partial charge on any atom is 0.293 e. The molecule has 6 rings (SSSR count). The molecule has 3 heterocycles. The number of aliphatic hydroxyl groups is 1. The van der Waals surface area contributed by atoms with Crippen LogP contribution in [0.3, 0.4) is 0 Å². The number of aromatic nitrogens is 1. The van der Waals surface area contributed by atoms with Crippen molar-refractivity contribution < 1.29 is 57.5 Å². The van der Waals surface area contributed by atoms with E-state index in [-0.39, 0.29) is 69.5 Å². The van der Waals surface area contributed by atoms with Gasteiger partial charge in [0.05, 0.1) is 86.5 Å². The first-order valence-electron chi connectivity index (χ1n) is 25.0. The number of aliphatic hydroxyl groups excluding tert-OH is 1. The second-order valence-corrected chi connectivity index (χ2v) is 21.0. The smallest absolute Gasteiger partial charge is 0.293 e. The van der Waals surface area contributed by atoms with Gasteiger partial charge in [-0.25, -0.2) is 9.83 Å². The standard InChI is InChI=1S/C55H68N6O12S2/c1-36-28-40(12-16-45(36)73-46-17-15-42(56-7)29-37(46)2)30-47-52(65)60(54(67)75-47)18-21-70-24-22-68-19-8-9-20-69-23-25-71-26-27-72-34-48(63)59-50(55(4,5)6)53(66)61-33-43(62)31-44(61)51(64)57-32-39-10-13-41(14-11-39)49-38(3)58-35-74-49/h10-17,28-30,35,43-44,50,62H,8-9,18-27,31-34H2,1-6H3,(H,57,64)(H,59,63)/b47-30-/t43-,44+,50-/m1/s1. The van der Waals surface area contributed by atoms with Crippen molar-refractivity contribution in [2.24, 2.45) is 5.41 Å². The Balaban J connectivity index is 0.759. The number of carbonyl (C=O) groups is 5. The van der Waals surface area contributed by atoms with Crippen LogP contribution in [0.15, 0.2) is 71.1 Å². The SMILES string of the molecule is [C-]#[N+]c1ccc(Oc2ccc(/C=C3\SC(=O)N(CCOCCOCCCCOCCOCCOCC(=O)N[C@H](C(=O)N4C[C@H](O)C[C@H]4C(=O)NCc4ccc(-c5scnc5C)cc4)C(C)(C)C)C3=O)cc2C)c(C)c1. The van der Waals surface area contributed by atoms with Gasteiger partial charge in [-0.2, -0.15) is 0 Å². The first-order chi connectivity index (χ1) is 36.0. The number of hydrogen-bond donors (Lipinski definition) is 3. The first kappa shape index (κ1) is 58.2. The van der Waals surface area contributed by atoms with Crippen LogP contribution in [-0.4, -0.2) is 146 Å². The number of imide groups is 1. The Morgan fingerprint density at radius 3 is 2.09 bits per heavy atom. The Hall–Kier alpha value is -6.02. The lowest BCUT2D eigenvalue weighted by Gasteiger charge is -2.35. The van der Waals surface area contributed by atoms with E-state index in [1.807, 2.05) is 84.0 Å². The van der Waals surface area contributed by atoms with Gasteiger partial charge in [0.1, 0.15) is 30.2 Å². The van der Waals surface area contributed by atoms with Gasteiger partial charge in [-0.15, -0.1) is 11.3 Å².